The first-order valence-corrected chi connectivity index (χ1v) is 20.5. The fourth-order valence-electron chi connectivity index (χ4n) is 6.66. The largest absolute Gasteiger partial charge is 0.452 e. The Labute approximate surface area is 360 Å². The van der Waals surface area contributed by atoms with E-state index in [1.807, 2.05) is 72.8 Å². The highest BCUT2D eigenvalue weighted by Gasteiger charge is 2.55. The van der Waals surface area contributed by atoms with E-state index in [-0.39, 0.29) is 5.75 Å². The number of alkyl halides is 1. The Morgan fingerprint density at radius 3 is 1.57 bits per heavy atom. The number of hydrogen-bond acceptors (Lipinski definition) is 12. The highest BCUT2D eigenvalue weighted by molar-refractivity contribution is 7.99. The number of amides is 2. The molecule has 16 heteroatoms. The van der Waals surface area contributed by atoms with Crippen molar-refractivity contribution in [3.8, 4) is 0 Å². The maximum atomic E-state index is 14.4. The van der Waals surface area contributed by atoms with Gasteiger partial charge in [0.2, 0.25) is 16.6 Å². The number of hydrogen-bond donors (Lipinski definition) is 1. The lowest BCUT2D eigenvalue weighted by molar-refractivity contribution is -0.194. The Morgan fingerprint density at radius 1 is 0.689 bits per heavy atom. The molecule has 0 bridgehead atoms. The summed E-state index contributed by atoms with van der Waals surface area (Å²) in [6, 6.07) is 42.9. The maximum Gasteiger partial charge on any atom is 0.345 e. The first-order valence-electron chi connectivity index (χ1n) is 19.1. The van der Waals surface area contributed by atoms with Crippen LogP contribution in [-0.4, -0.2) is 84.8 Å². The summed E-state index contributed by atoms with van der Waals surface area (Å²) in [7, 11) is 1.62. The van der Waals surface area contributed by atoms with Crippen molar-refractivity contribution in [2.75, 3.05) is 12.4 Å². The van der Waals surface area contributed by atoms with Crippen molar-refractivity contribution in [2.24, 2.45) is 7.05 Å². The van der Waals surface area contributed by atoms with E-state index >= 15 is 0 Å². The van der Waals surface area contributed by atoms with Gasteiger partial charge in [-0.05, 0) is 38.2 Å². The van der Waals surface area contributed by atoms with Gasteiger partial charge < -0.3 is 19.5 Å². The van der Waals surface area contributed by atoms with E-state index in [1.165, 1.54) is 4.68 Å². The normalized spacial score (nSPS) is 15.7. The second-order valence-electron chi connectivity index (χ2n) is 13.8. The second kappa shape index (κ2) is 20.1. The zero-order valence-electron chi connectivity index (χ0n) is 32.6. The van der Waals surface area contributed by atoms with Gasteiger partial charge >= 0.3 is 11.9 Å². The summed E-state index contributed by atoms with van der Waals surface area (Å²) in [4.78, 5) is 70.4. The number of nitrogens with zero attached hydrogens (tertiary/aromatic N) is 5. The minimum absolute atomic E-state index is 0.0972. The number of aromatic nitrogens is 4. The molecule has 1 aromatic heterocycles. The molecule has 0 radical (unpaired) electrons. The molecule has 310 valence electrons. The van der Waals surface area contributed by atoms with Gasteiger partial charge in [-0.3, -0.25) is 24.1 Å². The molecule has 61 heavy (non-hydrogen) atoms. The van der Waals surface area contributed by atoms with Gasteiger partial charge in [-0.1, -0.05) is 175 Å². The van der Waals surface area contributed by atoms with E-state index in [1.54, 1.807) is 85.9 Å². The van der Waals surface area contributed by atoms with Crippen molar-refractivity contribution >= 4 is 52.9 Å². The number of halogens is 1. The fraction of sp³-hybridized carbons (Fsp3) is 0.200. The summed E-state index contributed by atoms with van der Waals surface area (Å²) in [5.74, 6) is -5.64. The number of thioether (sulfide) groups is 1. The average Bonchev–Trinajstić information content (AvgIpc) is 3.72. The zero-order chi connectivity index (χ0) is 42.7. The number of nitrogens with one attached hydrogen (secondary N) is 1. The number of tetrazole rings is 1. The van der Waals surface area contributed by atoms with Crippen molar-refractivity contribution < 1.29 is 38.2 Å². The van der Waals surface area contributed by atoms with E-state index in [0.717, 1.165) is 16.7 Å². The number of Topliss-reactive ketones (excluding diaryl/α,β-unsaturated/α-hetero) is 1. The molecule has 1 N–H and O–H groups in total. The predicted molar refractivity (Wildman–Crippen MR) is 224 cm³/mol. The molecule has 1 fully saturated rings. The number of esters is 2. The number of aryl methyl sites for hydroxylation is 1. The Morgan fingerprint density at radius 2 is 1.13 bits per heavy atom. The van der Waals surface area contributed by atoms with Crippen LogP contribution in [-0.2, 0) is 45.2 Å². The van der Waals surface area contributed by atoms with E-state index < -0.39 is 72.0 Å². The van der Waals surface area contributed by atoms with Crippen LogP contribution in [0, 0.1) is 0 Å². The van der Waals surface area contributed by atoms with Crippen LogP contribution in [0.1, 0.15) is 45.9 Å². The molecule has 0 aliphatic carbocycles. The van der Waals surface area contributed by atoms with Crippen LogP contribution in [0.3, 0.4) is 0 Å². The number of likely N-dealkylation sites (tertiary alicyclic amines) is 1. The molecular formula is C45H39ClN6O8S. The highest BCUT2D eigenvalue weighted by atomic mass is 35.5. The van der Waals surface area contributed by atoms with Crippen molar-refractivity contribution in [2.45, 2.75) is 41.1 Å². The quantitative estimate of drug-likeness (QED) is 0.0286. The van der Waals surface area contributed by atoms with Crippen LogP contribution >= 0.6 is 23.4 Å². The smallest absolute Gasteiger partial charge is 0.345 e. The van der Waals surface area contributed by atoms with Crippen molar-refractivity contribution in [1.82, 2.24) is 30.4 Å². The van der Waals surface area contributed by atoms with E-state index in [0.29, 0.717) is 33.0 Å². The van der Waals surface area contributed by atoms with Crippen molar-refractivity contribution in [3.63, 3.8) is 0 Å². The summed E-state index contributed by atoms with van der Waals surface area (Å²) in [6.45, 7) is -0.547. The third-order valence-corrected chi connectivity index (χ3v) is 11.1. The van der Waals surface area contributed by atoms with E-state index in [9.17, 15) is 24.0 Å². The Bertz CT molecular complexity index is 2350. The number of carbonyl (C=O) groups is 5. The average molecular weight is 859 g/mol. The fourth-order valence-corrected chi connectivity index (χ4v) is 7.61. The number of β-lactam (4-membered cyclic amide) rings is 1. The molecule has 0 spiro atoms. The Balaban J connectivity index is 1.13. The third-order valence-electron chi connectivity index (χ3n) is 9.68. The minimum Gasteiger partial charge on any atom is -0.452 e. The molecule has 6 aromatic rings. The van der Waals surface area contributed by atoms with Crippen LogP contribution in [0.4, 0.5) is 0 Å². The van der Waals surface area contributed by atoms with Gasteiger partial charge in [0.25, 0.3) is 5.91 Å². The highest BCUT2D eigenvalue weighted by Crippen LogP contribution is 2.33. The SMILES string of the molecule is Cn1nnnc1SCC(=O)COC1C(NC(=O)C(C(=O)OC(c2ccccc2)c2ccccc2)c2ccccc2)C(=O)N1C(Cl)C(=O)OC(c1ccccc1)c1ccccc1. The molecule has 2 heterocycles. The van der Waals surface area contributed by atoms with Crippen LogP contribution < -0.4 is 5.32 Å². The Hall–Kier alpha value is -6.68. The molecule has 4 unspecified atom stereocenters. The maximum absolute atomic E-state index is 14.4. The molecule has 1 aliphatic rings. The van der Waals surface area contributed by atoms with Gasteiger partial charge in [0.15, 0.2) is 36.2 Å². The van der Waals surface area contributed by atoms with Crippen LogP contribution in [0.15, 0.2) is 157 Å². The van der Waals surface area contributed by atoms with Crippen molar-refractivity contribution in [3.05, 3.63) is 179 Å². The van der Waals surface area contributed by atoms with Gasteiger partial charge in [-0.25, -0.2) is 9.48 Å². The van der Waals surface area contributed by atoms with Crippen molar-refractivity contribution in [1.29, 1.82) is 0 Å². The molecule has 2 amide bonds. The number of carbonyl (C=O) groups excluding carboxylic acids is 5. The molecule has 0 saturated carbocycles. The molecule has 7 rings (SSSR count). The number of benzene rings is 5. The summed E-state index contributed by atoms with van der Waals surface area (Å²) in [5.41, 5.74) is 1.20. The third kappa shape index (κ3) is 10.2. The standard InChI is InChI=1S/C45H39ClN6O8S/c1-51-45(48-49-50-51)61-28-34(53)27-58-42-36(41(55)52(42)39(46)44(57)60-38(32-23-13-5-14-24-32)33-25-15-6-16-26-33)47-40(54)35(29-17-7-2-8-18-29)43(56)59-37(30-19-9-3-10-20-30)31-21-11-4-12-22-31/h2-26,35-39,42H,27-28H2,1H3,(H,47,54). The molecule has 4 atom stereocenters. The minimum atomic E-state index is -1.75. The van der Waals surface area contributed by atoms with E-state index in [4.69, 9.17) is 25.8 Å². The molecule has 1 saturated heterocycles. The lowest BCUT2D eigenvalue weighted by Gasteiger charge is -2.47. The summed E-state index contributed by atoms with van der Waals surface area (Å²) < 4.78 is 19.4. The molecule has 14 nitrogen and oxygen atoms in total. The number of ether oxygens (including phenoxy) is 3. The summed E-state index contributed by atoms with van der Waals surface area (Å²) in [5, 5.41) is 14.2. The molecule has 1 aliphatic heterocycles. The van der Waals surface area contributed by atoms with Gasteiger partial charge in [-0.15, -0.1) is 5.10 Å². The molecule has 5 aromatic carbocycles. The van der Waals surface area contributed by atoms with Gasteiger partial charge in [0.05, 0.1) is 5.75 Å². The van der Waals surface area contributed by atoms with E-state index in [2.05, 4.69) is 20.8 Å². The lowest BCUT2D eigenvalue weighted by Crippen LogP contribution is -2.74. The van der Waals surface area contributed by atoms with Crippen LogP contribution in [0.2, 0.25) is 0 Å². The Kier molecular flexibility index (Phi) is 14.0. The summed E-state index contributed by atoms with van der Waals surface area (Å²) in [6.07, 6.45) is -3.19. The first-order chi connectivity index (χ1) is 29.7. The second-order valence-corrected chi connectivity index (χ2v) is 15.2. The monoisotopic (exact) mass is 858 g/mol. The van der Waals surface area contributed by atoms with Crippen LogP contribution in [0.5, 0.6) is 0 Å². The van der Waals surface area contributed by atoms with Gasteiger partial charge in [-0.2, -0.15) is 0 Å². The van der Waals surface area contributed by atoms with Gasteiger partial charge in [0.1, 0.15) is 6.61 Å². The number of rotatable bonds is 18. The van der Waals surface area contributed by atoms with Crippen LogP contribution in [0.25, 0.3) is 0 Å². The number of ketones is 1. The first kappa shape index (κ1) is 42.4. The lowest BCUT2D eigenvalue weighted by atomic mass is 9.95. The predicted octanol–water partition coefficient (Wildman–Crippen LogP) is 5.56. The zero-order valence-corrected chi connectivity index (χ0v) is 34.2. The summed E-state index contributed by atoms with van der Waals surface area (Å²) >= 11 is 7.80. The van der Waals surface area contributed by atoms with Gasteiger partial charge in [0, 0.05) is 7.05 Å². The topological polar surface area (TPSA) is 172 Å². The molecular weight excluding hydrogens is 820 g/mol.